The molecule has 3 rings (SSSR count). The van der Waals surface area contributed by atoms with Crippen molar-refractivity contribution in [1.29, 1.82) is 0 Å². The molecule has 0 radical (unpaired) electrons. The lowest BCUT2D eigenvalue weighted by molar-refractivity contribution is -0.151. The van der Waals surface area contributed by atoms with Crippen LogP contribution in [-0.2, 0) is 9.53 Å². The molecule has 1 aromatic heterocycles. The molecule has 0 amide bonds. The van der Waals surface area contributed by atoms with Gasteiger partial charge in [-0.05, 0) is 43.7 Å². The van der Waals surface area contributed by atoms with Crippen molar-refractivity contribution in [2.45, 2.75) is 26.4 Å². The van der Waals surface area contributed by atoms with Gasteiger partial charge in [0.1, 0.15) is 17.1 Å². The van der Waals surface area contributed by atoms with Crippen LogP contribution in [0, 0.1) is 0 Å². The van der Waals surface area contributed by atoms with E-state index in [-0.39, 0.29) is 12.0 Å². The molecule has 8 nitrogen and oxygen atoms in total. The number of carbonyl (C=O) groups excluding carboxylic acids is 1. The quantitative estimate of drug-likeness (QED) is 0.455. The fourth-order valence-electron chi connectivity index (χ4n) is 3.27. The molecule has 170 valence electrons. The number of methoxy groups -OCH3 is 3. The Bertz CT molecular complexity index is 1140. The number of fused-ring (bicyclic) bond motifs is 1. The van der Waals surface area contributed by atoms with Gasteiger partial charge in [0.05, 0.1) is 33.3 Å². The smallest absolute Gasteiger partial charge is 0.347 e. The van der Waals surface area contributed by atoms with Gasteiger partial charge in [-0.1, -0.05) is 6.92 Å². The number of benzene rings is 2. The van der Waals surface area contributed by atoms with Crippen LogP contribution < -0.4 is 24.4 Å². The molecule has 1 atom stereocenters. The van der Waals surface area contributed by atoms with E-state index in [9.17, 15) is 9.59 Å². The molecule has 2 aromatic carbocycles. The van der Waals surface area contributed by atoms with Crippen molar-refractivity contribution in [3.8, 4) is 34.3 Å². The first-order valence-corrected chi connectivity index (χ1v) is 10.2. The van der Waals surface area contributed by atoms with Gasteiger partial charge in [0.2, 0.25) is 5.75 Å². The van der Waals surface area contributed by atoms with Gasteiger partial charge in [0, 0.05) is 11.6 Å². The van der Waals surface area contributed by atoms with Gasteiger partial charge in [-0.3, -0.25) is 4.79 Å². The van der Waals surface area contributed by atoms with Gasteiger partial charge < -0.3 is 28.1 Å². The van der Waals surface area contributed by atoms with Crippen LogP contribution in [0.3, 0.4) is 0 Å². The molecule has 0 N–H and O–H groups in total. The SMILES string of the molecule is CCOC(=O)C(CC)Oc1ccc2oc(-c3cc(OC)c(OC)c(OC)c3)cc(=O)c2c1. The second-order valence-corrected chi connectivity index (χ2v) is 6.81. The van der Waals surface area contributed by atoms with E-state index in [1.807, 2.05) is 6.92 Å². The summed E-state index contributed by atoms with van der Waals surface area (Å²) in [5, 5.41) is 0.331. The minimum absolute atomic E-state index is 0.260. The molecule has 8 heteroatoms. The number of rotatable bonds is 9. The van der Waals surface area contributed by atoms with Gasteiger partial charge in [0.25, 0.3) is 0 Å². The molecule has 32 heavy (non-hydrogen) atoms. The van der Waals surface area contributed by atoms with Crippen molar-refractivity contribution in [3.05, 3.63) is 46.6 Å². The van der Waals surface area contributed by atoms with Crippen LogP contribution in [0.25, 0.3) is 22.3 Å². The first-order chi connectivity index (χ1) is 15.4. The number of ether oxygens (including phenoxy) is 5. The number of hydrogen-bond acceptors (Lipinski definition) is 8. The molecule has 1 unspecified atom stereocenters. The van der Waals surface area contributed by atoms with Gasteiger partial charge in [0.15, 0.2) is 23.0 Å². The summed E-state index contributed by atoms with van der Waals surface area (Å²) in [6, 6.07) is 9.62. The Labute approximate surface area is 185 Å². The number of carbonyl (C=O) groups is 1. The van der Waals surface area contributed by atoms with Crippen LogP contribution in [0.4, 0.5) is 0 Å². The molecule has 0 aliphatic heterocycles. The van der Waals surface area contributed by atoms with Crippen molar-refractivity contribution in [3.63, 3.8) is 0 Å². The largest absolute Gasteiger partial charge is 0.493 e. The van der Waals surface area contributed by atoms with E-state index in [1.165, 1.54) is 27.4 Å². The molecular weight excluding hydrogens is 416 g/mol. The third kappa shape index (κ3) is 4.64. The topological polar surface area (TPSA) is 93.4 Å². The first-order valence-electron chi connectivity index (χ1n) is 10.2. The monoisotopic (exact) mass is 442 g/mol. The lowest BCUT2D eigenvalue weighted by Gasteiger charge is -2.16. The molecule has 0 saturated carbocycles. The van der Waals surface area contributed by atoms with E-state index >= 15 is 0 Å². The minimum Gasteiger partial charge on any atom is -0.493 e. The molecule has 0 spiro atoms. The summed E-state index contributed by atoms with van der Waals surface area (Å²) in [5.41, 5.74) is 0.703. The maximum absolute atomic E-state index is 12.9. The van der Waals surface area contributed by atoms with Crippen LogP contribution in [0.1, 0.15) is 20.3 Å². The van der Waals surface area contributed by atoms with Gasteiger partial charge >= 0.3 is 5.97 Å². The average Bonchev–Trinajstić information content (AvgIpc) is 2.81. The molecule has 0 bridgehead atoms. The van der Waals surface area contributed by atoms with Crippen LogP contribution in [0.2, 0.25) is 0 Å². The second kappa shape index (κ2) is 10.1. The third-order valence-electron chi connectivity index (χ3n) is 4.85. The van der Waals surface area contributed by atoms with E-state index < -0.39 is 12.1 Å². The second-order valence-electron chi connectivity index (χ2n) is 6.81. The van der Waals surface area contributed by atoms with Crippen molar-refractivity contribution >= 4 is 16.9 Å². The summed E-state index contributed by atoms with van der Waals surface area (Å²) in [4.78, 5) is 24.9. The highest BCUT2D eigenvalue weighted by Crippen LogP contribution is 2.41. The fraction of sp³-hybridized carbons (Fsp3) is 0.333. The molecular formula is C24H26O8. The molecule has 0 saturated heterocycles. The molecule has 0 aliphatic carbocycles. The highest BCUT2D eigenvalue weighted by molar-refractivity contribution is 5.81. The molecule has 1 heterocycles. The first kappa shape index (κ1) is 23.0. The summed E-state index contributed by atoms with van der Waals surface area (Å²) in [7, 11) is 4.54. The van der Waals surface area contributed by atoms with Crippen molar-refractivity contribution in [2.24, 2.45) is 0 Å². The highest BCUT2D eigenvalue weighted by Gasteiger charge is 2.20. The van der Waals surface area contributed by atoms with Crippen molar-refractivity contribution in [2.75, 3.05) is 27.9 Å². The van der Waals surface area contributed by atoms with Crippen LogP contribution in [-0.4, -0.2) is 40.0 Å². The summed E-state index contributed by atoms with van der Waals surface area (Å²) in [5.74, 6) is 1.60. The zero-order valence-corrected chi connectivity index (χ0v) is 18.7. The van der Waals surface area contributed by atoms with Gasteiger partial charge in [-0.15, -0.1) is 0 Å². The zero-order chi connectivity index (χ0) is 23.3. The fourth-order valence-corrected chi connectivity index (χ4v) is 3.27. The average molecular weight is 442 g/mol. The predicted molar refractivity (Wildman–Crippen MR) is 119 cm³/mol. The predicted octanol–water partition coefficient (Wildman–Crippen LogP) is 4.21. The van der Waals surface area contributed by atoms with E-state index in [2.05, 4.69) is 0 Å². The lowest BCUT2D eigenvalue weighted by Crippen LogP contribution is -2.28. The Morgan fingerprint density at radius 1 is 0.969 bits per heavy atom. The van der Waals surface area contributed by atoms with E-state index in [4.69, 9.17) is 28.1 Å². The van der Waals surface area contributed by atoms with Crippen molar-refractivity contribution in [1.82, 2.24) is 0 Å². The Morgan fingerprint density at radius 2 is 1.66 bits per heavy atom. The summed E-state index contributed by atoms with van der Waals surface area (Å²) in [6.45, 7) is 3.82. The normalized spacial score (nSPS) is 11.7. The summed E-state index contributed by atoms with van der Waals surface area (Å²) < 4.78 is 32.8. The van der Waals surface area contributed by atoms with Crippen LogP contribution in [0.5, 0.6) is 23.0 Å². The van der Waals surface area contributed by atoms with Crippen LogP contribution >= 0.6 is 0 Å². The Kier molecular flexibility index (Phi) is 7.25. The van der Waals surface area contributed by atoms with E-state index in [0.717, 1.165) is 0 Å². The molecule has 3 aromatic rings. The molecule has 0 fully saturated rings. The summed E-state index contributed by atoms with van der Waals surface area (Å²) >= 11 is 0. The van der Waals surface area contributed by atoms with E-state index in [0.29, 0.717) is 51.7 Å². The van der Waals surface area contributed by atoms with Crippen molar-refractivity contribution < 1.29 is 32.9 Å². The Morgan fingerprint density at radius 3 is 2.22 bits per heavy atom. The van der Waals surface area contributed by atoms with Crippen LogP contribution in [0.15, 0.2) is 45.6 Å². The lowest BCUT2D eigenvalue weighted by atomic mass is 10.1. The standard InChI is InChI=1S/C24H26O8/c1-6-18(24(26)30-7-2)31-15-8-9-19-16(12-15)17(25)13-20(32-19)14-10-21(27-3)23(29-5)22(11-14)28-4/h8-13,18H,6-7H2,1-5H3. The zero-order valence-electron chi connectivity index (χ0n) is 18.7. The maximum atomic E-state index is 12.9. The van der Waals surface area contributed by atoms with E-state index in [1.54, 1.807) is 37.3 Å². The highest BCUT2D eigenvalue weighted by atomic mass is 16.6. The van der Waals surface area contributed by atoms with Gasteiger partial charge in [-0.25, -0.2) is 4.79 Å². The number of esters is 1. The Balaban J connectivity index is 2.01. The molecule has 0 aliphatic rings. The Hall–Kier alpha value is -3.68. The van der Waals surface area contributed by atoms with Gasteiger partial charge in [-0.2, -0.15) is 0 Å². The number of hydrogen-bond donors (Lipinski definition) is 0. The minimum atomic E-state index is -0.752. The summed E-state index contributed by atoms with van der Waals surface area (Å²) in [6.07, 6.45) is -0.316. The third-order valence-corrected chi connectivity index (χ3v) is 4.85. The maximum Gasteiger partial charge on any atom is 0.347 e.